The van der Waals surface area contributed by atoms with E-state index < -0.39 is 0 Å². The summed E-state index contributed by atoms with van der Waals surface area (Å²) >= 11 is 0. The minimum absolute atomic E-state index is 0.00813. The van der Waals surface area contributed by atoms with Crippen LogP contribution in [0, 0.1) is 11.8 Å². The van der Waals surface area contributed by atoms with Crippen molar-refractivity contribution in [2.24, 2.45) is 11.8 Å². The monoisotopic (exact) mass is 268 g/mol. The van der Waals surface area contributed by atoms with Crippen LogP contribution < -0.4 is 5.32 Å². The van der Waals surface area contributed by atoms with Crippen molar-refractivity contribution in [3.05, 3.63) is 0 Å². The summed E-state index contributed by atoms with van der Waals surface area (Å²) in [5, 5.41) is 13.1. The summed E-state index contributed by atoms with van der Waals surface area (Å²) < 4.78 is 0. The van der Waals surface area contributed by atoms with Crippen LogP contribution in [0.2, 0.25) is 0 Å². The molecule has 112 valence electrons. The van der Waals surface area contributed by atoms with Crippen molar-refractivity contribution in [2.45, 2.75) is 56.9 Å². The van der Waals surface area contributed by atoms with E-state index in [2.05, 4.69) is 17.3 Å². The van der Waals surface area contributed by atoms with Crippen LogP contribution in [-0.2, 0) is 0 Å². The molecule has 0 aromatic carbocycles. The molecule has 0 aromatic rings. The zero-order chi connectivity index (χ0) is 13.7. The molecule has 0 spiro atoms. The van der Waals surface area contributed by atoms with E-state index in [0.717, 1.165) is 12.3 Å². The second-order valence-electron chi connectivity index (χ2n) is 6.85. The lowest BCUT2D eigenvalue weighted by molar-refractivity contribution is 0.119. The Labute approximate surface area is 118 Å². The normalized spacial score (nSPS) is 32.5. The molecule has 0 radical (unpaired) electrons. The maximum atomic E-state index is 9.71. The molecule has 2 aliphatic rings. The van der Waals surface area contributed by atoms with Crippen molar-refractivity contribution < 1.29 is 5.11 Å². The lowest BCUT2D eigenvalue weighted by Crippen LogP contribution is -2.50. The lowest BCUT2D eigenvalue weighted by Gasteiger charge is -2.34. The van der Waals surface area contributed by atoms with Gasteiger partial charge in [0, 0.05) is 12.1 Å². The van der Waals surface area contributed by atoms with Gasteiger partial charge in [-0.1, -0.05) is 19.3 Å². The summed E-state index contributed by atoms with van der Waals surface area (Å²) in [5.74, 6) is 1.59. The van der Waals surface area contributed by atoms with E-state index in [1.54, 1.807) is 0 Å². The number of hydrogen-bond acceptors (Lipinski definition) is 3. The molecule has 3 heteroatoms. The Balaban J connectivity index is 1.74. The van der Waals surface area contributed by atoms with Crippen LogP contribution in [0.4, 0.5) is 0 Å². The van der Waals surface area contributed by atoms with Crippen molar-refractivity contribution >= 4 is 0 Å². The number of likely N-dealkylation sites (N-methyl/N-ethyl adjacent to an activating group) is 1. The number of aliphatic hydroxyl groups is 1. The first-order chi connectivity index (χ1) is 9.20. The molecule has 0 aromatic heterocycles. The van der Waals surface area contributed by atoms with Gasteiger partial charge in [0.2, 0.25) is 0 Å². The zero-order valence-electron chi connectivity index (χ0n) is 12.8. The molecule has 0 saturated heterocycles. The van der Waals surface area contributed by atoms with Gasteiger partial charge in [-0.3, -0.25) is 0 Å². The predicted octanol–water partition coefficient (Wildman–Crippen LogP) is 2.25. The van der Waals surface area contributed by atoms with Gasteiger partial charge in [0.1, 0.15) is 0 Å². The van der Waals surface area contributed by atoms with Crippen LogP contribution >= 0.6 is 0 Å². The molecular weight excluding hydrogens is 236 g/mol. The second-order valence-corrected chi connectivity index (χ2v) is 6.85. The highest BCUT2D eigenvalue weighted by molar-refractivity contribution is 4.98. The minimum Gasteiger partial charge on any atom is -0.394 e. The van der Waals surface area contributed by atoms with Gasteiger partial charge in [-0.05, 0) is 64.6 Å². The fourth-order valence-electron chi connectivity index (χ4n) is 4.28. The lowest BCUT2D eigenvalue weighted by atomic mass is 9.85. The van der Waals surface area contributed by atoms with Gasteiger partial charge in [-0.2, -0.15) is 0 Å². The average molecular weight is 268 g/mol. The van der Waals surface area contributed by atoms with Crippen LogP contribution in [0.3, 0.4) is 0 Å². The molecule has 0 bridgehead atoms. The fourth-order valence-corrected chi connectivity index (χ4v) is 4.28. The maximum absolute atomic E-state index is 9.71. The molecule has 0 heterocycles. The largest absolute Gasteiger partial charge is 0.394 e. The number of nitrogens with zero attached hydrogens (tertiary/aromatic N) is 1. The predicted molar refractivity (Wildman–Crippen MR) is 80.3 cm³/mol. The maximum Gasteiger partial charge on any atom is 0.0615 e. The Kier molecular flexibility index (Phi) is 5.67. The molecule has 2 rings (SSSR count). The van der Waals surface area contributed by atoms with Crippen molar-refractivity contribution in [3.8, 4) is 0 Å². The molecule has 0 amide bonds. The summed E-state index contributed by atoms with van der Waals surface area (Å²) in [6.45, 7) is 2.75. The van der Waals surface area contributed by atoms with Crippen molar-refractivity contribution in [1.29, 1.82) is 0 Å². The highest BCUT2D eigenvalue weighted by Crippen LogP contribution is 2.37. The molecule has 2 fully saturated rings. The highest BCUT2D eigenvalue weighted by Gasteiger charge is 2.40. The third-order valence-electron chi connectivity index (χ3n) is 5.64. The zero-order valence-corrected chi connectivity index (χ0v) is 12.8. The van der Waals surface area contributed by atoms with Gasteiger partial charge in [0.25, 0.3) is 0 Å². The number of nitrogens with one attached hydrogen (secondary N) is 1. The van der Waals surface area contributed by atoms with Crippen LogP contribution in [0.15, 0.2) is 0 Å². The number of aliphatic hydroxyl groups excluding tert-OH is 1. The van der Waals surface area contributed by atoms with Gasteiger partial charge in [-0.25, -0.2) is 0 Å². The minimum atomic E-state index is 0.00813. The third-order valence-corrected chi connectivity index (χ3v) is 5.64. The second kappa shape index (κ2) is 7.05. The van der Waals surface area contributed by atoms with Gasteiger partial charge >= 0.3 is 0 Å². The van der Waals surface area contributed by atoms with E-state index in [-0.39, 0.29) is 5.54 Å². The molecule has 3 nitrogen and oxygen atoms in total. The van der Waals surface area contributed by atoms with Crippen LogP contribution in [0.25, 0.3) is 0 Å². The molecule has 2 unspecified atom stereocenters. The molecule has 2 aliphatic carbocycles. The summed E-state index contributed by atoms with van der Waals surface area (Å²) in [7, 11) is 4.28. The standard InChI is InChI=1S/C16H32N2O/c1-17-16(13-19)10-5-8-15(16)9-11-18(2)12-14-6-3-4-7-14/h14-15,17,19H,3-13H2,1-2H3. The quantitative estimate of drug-likeness (QED) is 0.743. The van der Waals surface area contributed by atoms with E-state index in [4.69, 9.17) is 0 Å². The SMILES string of the molecule is CNC1(CO)CCCC1CCN(C)CC1CCCC1. The molecule has 2 atom stereocenters. The summed E-state index contributed by atoms with van der Waals surface area (Å²) in [5.41, 5.74) is 0.00813. The van der Waals surface area contributed by atoms with Gasteiger partial charge < -0.3 is 15.3 Å². The Bertz CT molecular complexity index is 259. The molecule has 2 saturated carbocycles. The molecule has 19 heavy (non-hydrogen) atoms. The van der Waals surface area contributed by atoms with Crippen LogP contribution in [0.1, 0.15) is 51.4 Å². The van der Waals surface area contributed by atoms with Crippen molar-refractivity contribution in [2.75, 3.05) is 33.8 Å². The topological polar surface area (TPSA) is 35.5 Å². The summed E-state index contributed by atoms with van der Waals surface area (Å²) in [4.78, 5) is 2.52. The first-order valence-corrected chi connectivity index (χ1v) is 8.18. The average Bonchev–Trinajstić information content (AvgIpc) is 3.05. The van der Waals surface area contributed by atoms with E-state index in [9.17, 15) is 5.11 Å². The highest BCUT2D eigenvalue weighted by atomic mass is 16.3. The first kappa shape index (κ1) is 15.3. The Morgan fingerprint density at radius 1 is 1.21 bits per heavy atom. The fraction of sp³-hybridized carbons (Fsp3) is 1.00. The van der Waals surface area contributed by atoms with E-state index in [1.165, 1.54) is 58.0 Å². The van der Waals surface area contributed by atoms with E-state index >= 15 is 0 Å². The number of rotatable bonds is 7. The van der Waals surface area contributed by atoms with Gasteiger partial charge in [0.15, 0.2) is 0 Å². The van der Waals surface area contributed by atoms with Crippen molar-refractivity contribution in [3.63, 3.8) is 0 Å². The Morgan fingerprint density at radius 2 is 1.95 bits per heavy atom. The third kappa shape index (κ3) is 3.71. The molecule has 2 N–H and O–H groups in total. The smallest absolute Gasteiger partial charge is 0.0615 e. The number of hydrogen-bond donors (Lipinski definition) is 2. The Hall–Kier alpha value is -0.120. The van der Waals surface area contributed by atoms with Crippen LogP contribution in [0.5, 0.6) is 0 Å². The summed E-state index contributed by atoms with van der Waals surface area (Å²) in [6.07, 6.45) is 10.7. The van der Waals surface area contributed by atoms with Gasteiger partial charge in [0.05, 0.1) is 6.61 Å². The van der Waals surface area contributed by atoms with Crippen molar-refractivity contribution in [1.82, 2.24) is 10.2 Å². The van der Waals surface area contributed by atoms with Crippen LogP contribution in [-0.4, -0.2) is 49.3 Å². The van der Waals surface area contributed by atoms with Gasteiger partial charge in [-0.15, -0.1) is 0 Å². The van der Waals surface area contributed by atoms with E-state index in [1.807, 2.05) is 7.05 Å². The summed E-state index contributed by atoms with van der Waals surface area (Å²) in [6, 6.07) is 0. The first-order valence-electron chi connectivity index (χ1n) is 8.18. The van der Waals surface area contributed by atoms with E-state index in [0.29, 0.717) is 12.5 Å². The Morgan fingerprint density at radius 3 is 2.58 bits per heavy atom. The molecule has 0 aliphatic heterocycles. The molecular formula is C16H32N2O.